The van der Waals surface area contributed by atoms with Gasteiger partial charge >= 0.3 is 11.6 Å². The maximum Gasteiger partial charge on any atom is 0.406 e. The van der Waals surface area contributed by atoms with Crippen molar-refractivity contribution in [2.45, 2.75) is 47.8 Å². The number of rotatable bonds is 8. The van der Waals surface area contributed by atoms with Crippen molar-refractivity contribution in [3.05, 3.63) is 89.8 Å². The minimum Gasteiger partial charge on any atom is -0.481 e. The van der Waals surface area contributed by atoms with Gasteiger partial charge in [0, 0.05) is 13.8 Å². The predicted molar refractivity (Wildman–Crippen MR) is 121 cm³/mol. The number of aromatic nitrogens is 2. The minimum absolute atomic E-state index is 0.0872. The summed E-state index contributed by atoms with van der Waals surface area (Å²) in [7, 11) is 0. The maximum atomic E-state index is 11.3. The Hall–Kier alpha value is -4.08. The van der Waals surface area contributed by atoms with E-state index < -0.39 is 9.85 Å². The summed E-state index contributed by atoms with van der Waals surface area (Å²) in [5.74, 6) is -0.492. The van der Waals surface area contributed by atoms with Crippen LogP contribution in [0, 0.1) is 54.8 Å². The molecule has 1 aromatic carbocycles. The van der Waals surface area contributed by atoms with E-state index in [2.05, 4.69) is 9.97 Å². The molecule has 0 saturated heterocycles. The Morgan fingerprint density at radius 3 is 1.48 bits per heavy atom. The van der Waals surface area contributed by atoms with Crippen LogP contribution in [0.15, 0.2) is 30.3 Å². The molecule has 0 aliphatic carbocycles. The van der Waals surface area contributed by atoms with Crippen LogP contribution >= 0.6 is 0 Å². The van der Waals surface area contributed by atoms with Gasteiger partial charge in [-0.3, -0.25) is 0 Å². The lowest BCUT2D eigenvalue weighted by atomic mass is 9.94. The van der Waals surface area contributed by atoms with Crippen LogP contribution < -0.4 is 9.47 Å². The van der Waals surface area contributed by atoms with Crippen molar-refractivity contribution < 1.29 is 19.3 Å². The first-order chi connectivity index (χ1) is 15.6. The number of hydrogen-bond acceptors (Lipinski definition) is 8. The summed E-state index contributed by atoms with van der Waals surface area (Å²) in [6.07, 6.45) is 0. The second-order valence-corrected chi connectivity index (χ2v) is 7.73. The average Bonchev–Trinajstić information content (AvgIpc) is 2.74. The highest BCUT2D eigenvalue weighted by Crippen LogP contribution is 2.30. The highest BCUT2D eigenvalue weighted by molar-refractivity contribution is 5.46. The van der Waals surface area contributed by atoms with Gasteiger partial charge in [0.05, 0.1) is 0 Å². The van der Waals surface area contributed by atoms with Crippen molar-refractivity contribution in [3.63, 3.8) is 0 Å². The molecule has 0 aliphatic heterocycles. The molecule has 3 rings (SSSR count). The predicted octanol–water partition coefficient (Wildman–Crippen LogP) is 4.99. The highest BCUT2D eigenvalue weighted by atomic mass is 16.6. The number of nitro groups is 2. The molecule has 33 heavy (non-hydrogen) atoms. The third kappa shape index (κ3) is 5.22. The van der Waals surface area contributed by atoms with E-state index in [0.717, 1.165) is 27.8 Å². The van der Waals surface area contributed by atoms with Gasteiger partial charge in [0.2, 0.25) is 11.5 Å². The summed E-state index contributed by atoms with van der Waals surface area (Å²) < 4.78 is 11.6. The quantitative estimate of drug-likeness (QED) is 0.345. The molecule has 0 amide bonds. The summed E-state index contributed by atoms with van der Waals surface area (Å²) in [6.45, 7) is 9.31. The van der Waals surface area contributed by atoms with Gasteiger partial charge in [0.1, 0.15) is 24.6 Å². The maximum absolute atomic E-state index is 11.3. The summed E-state index contributed by atoms with van der Waals surface area (Å²) in [5.41, 5.74) is 5.56. The Morgan fingerprint density at radius 1 is 0.727 bits per heavy atom. The van der Waals surface area contributed by atoms with Gasteiger partial charge in [0.25, 0.3) is 0 Å². The fourth-order valence-electron chi connectivity index (χ4n) is 3.56. The fraction of sp³-hybridized carbons (Fsp3) is 0.304. The van der Waals surface area contributed by atoms with Gasteiger partial charge in [-0.25, -0.2) is 0 Å². The molecule has 0 saturated carbocycles. The number of benzene rings is 1. The number of ether oxygens (including phenoxy) is 2. The minimum atomic E-state index is -0.570. The third-order valence-corrected chi connectivity index (χ3v) is 5.34. The molecule has 0 unspecified atom stereocenters. The molecule has 0 atom stereocenters. The number of hydrogen-bond donors (Lipinski definition) is 0. The van der Waals surface area contributed by atoms with E-state index in [1.165, 1.54) is 12.1 Å². The zero-order chi connectivity index (χ0) is 24.3. The molecule has 0 spiro atoms. The van der Waals surface area contributed by atoms with Crippen molar-refractivity contribution in [3.8, 4) is 11.5 Å². The van der Waals surface area contributed by atoms with Crippen LogP contribution in [0.2, 0.25) is 0 Å². The smallest absolute Gasteiger partial charge is 0.406 e. The first-order valence-electron chi connectivity index (χ1n) is 10.2. The van der Waals surface area contributed by atoms with E-state index in [1.807, 2.05) is 26.8 Å². The summed E-state index contributed by atoms with van der Waals surface area (Å²) in [4.78, 5) is 29.4. The van der Waals surface area contributed by atoms with E-state index in [9.17, 15) is 20.2 Å². The Balaban J connectivity index is 1.87. The lowest BCUT2D eigenvalue weighted by Gasteiger charge is -2.18. The second-order valence-electron chi connectivity index (χ2n) is 7.73. The molecular formula is C23H24N4O6. The molecule has 10 nitrogen and oxygen atoms in total. The van der Waals surface area contributed by atoms with Crippen molar-refractivity contribution in [1.82, 2.24) is 9.97 Å². The molecule has 0 bridgehead atoms. The lowest BCUT2D eigenvalue weighted by Crippen LogP contribution is -2.09. The zero-order valence-corrected chi connectivity index (χ0v) is 19.0. The van der Waals surface area contributed by atoms with Crippen molar-refractivity contribution in [1.29, 1.82) is 0 Å². The molecule has 3 aromatic rings. The SMILES string of the molecule is Cc1ccc(OCc2c(C)cc(C)c(COc3ccc(C)nc3[N+](=O)[O-])c2C)c([N+](=O)[O-])n1. The zero-order valence-electron chi connectivity index (χ0n) is 19.0. The number of pyridine rings is 2. The van der Waals surface area contributed by atoms with Crippen LogP contribution in [0.4, 0.5) is 11.6 Å². The first-order valence-corrected chi connectivity index (χ1v) is 10.2. The molecule has 2 aromatic heterocycles. The Morgan fingerprint density at radius 2 is 1.12 bits per heavy atom. The average molecular weight is 452 g/mol. The van der Waals surface area contributed by atoms with Gasteiger partial charge in [-0.2, -0.15) is 0 Å². The molecule has 0 fully saturated rings. The van der Waals surface area contributed by atoms with Crippen molar-refractivity contribution in [2.24, 2.45) is 0 Å². The highest BCUT2D eigenvalue weighted by Gasteiger charge is 2.21. The third-order valence-electron chi connectivity index (χ3n) is 5.34. The van der Waals surface area contributed by atoms with Gasteiger partial charge in [-0.15, -0.1) is 0 Å². The lowest BCUT2D eigenvalue weighted by molar-refractivity contribution is -0.390. The van der Waals surface area contributed by atoms with Gasteiger partial charge in [-0.05, 0) is 92.7 Å². The van der Waals surface area contributed by atoms with E-state index in [0.29, 0.717) is 11.4 Å². The van der Waals surface area contributed by atoms with Crippen LogP contribution in [-0.2, 0) is 13.2 Å². The molecule has 172 valence electrons. The van der Waals surface area contributed by atoms with E-state index in [4.69, 9.17) is 9.47 Å². The summed E-state index contributed by atoms with van der Waals surface area (Å²) in [5, 5.41) is 22.7. The molecule has 0 N–H and O–H groups in total. The van der Waals surface area contributed by atoms with E-state index >= 15 is 0 Å². The largest absolute Gasteiger partial charge is 0.481 e. The van der Waals surface area contributed by atoms with Crippen LogP contribution in [0.1, 0.15) is 39.2 Å². The molecular weight excluding hydrogens is 428 g/mol. The van der Waals surface area contributed by atoms with E-state index in [1.54, 1.807) is 26.0 Å². The fourth-order valence-corrected chi connectivity index (χ4v) is 3.56. The van der Waals surface area contributed by atoms with Crippen LogP contribution in [0.3, 0.4) is 0 Å². The molecule has 10 heteroatoms. The second kappa shape index (κ2) is 9.60. The molecule has 0 radical (unpaired) electrons. The first kappa shape index (κ1) is 23.6. The van der Waals surface area contributed by atoms with E-state index in [-0.39, 0.29) is 36.3 Å². The molecule has 2 heterocycles. The van der Waals surface area contributed by atoms with Crippen molar-refractivity contribution >= 4 is 11.6 Å². The Kier molecular flexibility index (Phi) is 6.86. The number of nitrogens with zero attached hydrogens (tertiary/aromatic N) is 4. The Bertz CT molecular complexity index is 1150. The normalized spacial score (nSPS) is 10.7. The van der Waals surface area contributed by atoms with Crippen LogP contribution in [0.25, 0.3) is 0 Å². The van der Waals surface area contributed by atoms with Crippen LogP contribution in [-0.4, -0.2) is 19.8 Å². The summed E-state index contributed by atoms with van der Waals surface area (Å²) in [6, 6.07) is 8.34. The Labute approximate surface area is 190 Å². The number of aryl methyl sites for hydroxylation is 4. The van der Waals surface area contributed by atoms with Crippen molar-refractivity contribution in [2.75, 3.05) is 0 Å². The monoisotopic (exact) mass is 452 g/mol. The standard InChI is InChI=1S/C23H24N4O6/c1-13-10-14(2)19(12-33-21-9-7-16(4)25-23(21)27(30)31)17(5)18(13)11-32-20-8-6-15(3)24-22(20)26(28)29/h6-10H,11-12H2,1-5H3. The topological polar surface area (TPSA) is 131 Å². The summed E-state index contributed by atoms with van der Waals surface area (Å²) >= 11 is 0. The van der Waals surface area contributed by atoms with Crippen LogP contribution in [0.5, 0.6) is 11.5 Å². The van der Waals surface area contributed by atoms with Gasteiger partial charge in [0.15, 0.2) is 0 Å². The van der Waals surface area contributed by atoms with Gasteiger partial charge < -0.3 is 29.7 Å². The van der Waals surface area contributed by atoms with Gasteiger partial charge in [-0.1, -0.05) is 6.07 Å². The molecule has 0 aliphatic rings.